The minimum Gasteiger partial charge on any atom is -0.368 e. The van der Waals surface area contributed by atoms with Crippen LogP contribution in [-0.2, 0) is 19.2 Å². The standard InChI is InChI=1S/C11H19N4O4/c1-6(5-16)14-9(17)4-3-8(10(13)18)15-11(19)7(2)12/h6-8H,3-4,12H2,1-2H3,(H2,13,18)(H,14,17)(H,15,19)/t6-,7-,8+/m0/s1. The fraction of sp³-hybridized carbons (Fsp3) is 0.636. The molecule has 0 rings (SSSR count). The molecule has 0 aliphatic carbocycles. The summed E-state index contributed by atoms with van der Waals surface area (Å²) in [5, 5.41) is 4.69. The Morgan fingerprint density at radius 1 is 1.21 bits per heavy atom. The van der Waals surface area contributed by atoms with Crippen molar-refractivity contribution in [3.63, 3.8) is 0 Å². The fourth-order valence-corrected chi connectivity index (χ4v) is 1.21. The van der Waals surface area contributed by atoms with Crippen LogP contribution in [-0.4, -0.2) is 42.1 Å². The SMILES string of the molecule is C[C@H](N)C(=O)N[C@H](CCC(=O)N[C@@H](C)[C]=O)C(N)=O. The maximum Gasteiger partial charge on any atom is 0.240 e. The molecule has 0 saturated carbocycles. The molecular formula is C11H19N4O4. The van der Waals surface area contributed by atoms with Gasteiger partial charge in [0.25, 0.3) is 0 Å². The maximum atomic E-state index is 11.4. The van der Waals surface area contributed by atoms with Crippen LogP contribution < -0.4 is 22.1 Å². The topological polar surface area (TPSA) is 144 Å². The van der Waals surface area contributed by atoms with Gasteiger partial charge in [0.2, 0.25) is 24.0 Å². The third-order valence-corrected chi connectivity index (χ3v) is 2.29. The van der Waals surface area contributed by atoms with Crippen LogP contribution in [0.2, 0.25) is 0 Å². The van der Waals surface area contributed by atoms with E-state index in [9.17, 15) is 19.2 Å². The van der Waals surface area contributed by atoms with E-state index in [4.69, 9.17) is 11.5 Å². The van der Waals surface area contributed by atoms with Crippen molar-refractivity contribution in [3.8, 4) is 0 Å². The first-order valence-corrected chi connectivity index (χ1v) is 5.80. The van der Waals surface area contributed by atoms with E-state index in [1.165, 1.54) is 13.8 Å². The molecule has 8 nitrogen and oxygen atoms in total. The van der Waals surface area contributed by atoms with E-state index >= 15 is 0 Å². The lowest BCUT2D eigenvalue weighted by molar-refractivity contribution is -0.128. The number of amides is 3. The van der Waals surface area contributed by atoms with Crippen LogP contribution in [0.3, 0.4) is 0 Å². The number of nitrogens with two attached hydrogens (primary N) is 2. The minimum absolute atomic E-state index is 0.0329. The van der Waals surface area contributed by atoms with Gasteiger partial charge in [0.1, 0.15) is 6.04 Å². The summed E-state index contributed by atoms with van der Waals surface area (Å²) in [7, 11) is 0. The Morgan fingerprint density at radius 2 is 1.79 bits per heavy atom. The Hall–Kier alpha value is -1.96. The van der Waals surface area contributed by atoms with E-state index < -0.39 is 35.8 Å². The van der Waals surface area contributed by atoms with Crippen LogP contribution in [0, 0.1) is 0 Å². The van der Waals surface area contributed by atoms with E-state index in [1.807, 2.05) is 0 Å². The molecule has 0 aromatic heterocycles. The zero-order valence-electron chi connectivity index (χ0n) is 10.9. The van der Waals surface area contributed by atoms with Crippen molar-refractivity contribution < 1.29 is 19.2 Å². The van der Waals surface area contributed by atoms with Gasteiger partial charge in [-0.25, -0.2) is 0 Å². The Labute approximate surface area is 111 Å². The largest absolute Gasteiger partial charge is 0.368 e. The molecule has 0 saturated heterocycles. The molecule has 0 aliphatic rings. The average molecular weight is 271 g/mol. The Bertz CT molecular complexity index is 357. The van der Waals surface area contributed by atoms with Crippen LogP contribution in [0.25, 0.3) is 0 Å². The van der Waals surface area contributed by atoms with E-state index in [-0.39, 0.29) is 12.8 Å². The molecule has 1 radical (unpaired) electrons. The summed E-state index contributed by atoms with van der Waals surface area (Å²) in [6, 6.07) is -2.47. The van der Waals surface area contributed by atoms with Crippen LogP contribution in [0.15, 0.2) is 0 Å². The van der Waals surface area contributed by atoms with Crippen LogP contribution in [0.4, 0.5) is 0 Å². The Morgan fingerprint density at radius 3 is 2.21 bits per heavy atom. The molecule has 0 aromatic carbocycles. The second-order valence-electron chi connectivity index (χ2n) is 4.20. The number of hydrogen-bond acceptors (Lipinski definition) is 5. The van der Waals surface area contributed by atoms with Gasteiger partial charge in [-0.1, -0.05) is 0 Å². The quantitative estimate of drug-likeness (QED) is 0.392. The number of carbonyl (C=O) groups excluding carboxylic acids is 4. The van der Waals surface area contributed by atoms with E-state index in [0.717, 1.165) is 0 Å². The highest BCUT2D eigenvalue weighted by Crippen LogP contribution is 1.98. The van der Waals surface area contributed by atoms with Gasteiger partial charge in [0, 0.05) is 6.42 Å². The third-order valence-electron chi connectivity index (χ3n) is 2.29. The zero-order chi connectivity index (χ0) is 15.0. The second-order valence-corrected chi connectivity index (χ2v) is 4.20. The monoisotopic (exact) mass is 271 g/mol. The predicted molar refractivity (Wildman–Crippen MR) is 67.3 cm³/mol. The van der Waals surface area contributed by atoms with E-state index in [2.05, 4.69) is 10.6 Å². The first-order chi connectivity index (χ1) is 8.77. The van der Waals surface area contributed by atoms with Gasteiger partial charge in [-0.3, -0.25) is 19.2 Å². The van der Waals surface area contributed by atoms with Crippen LogP contribution in [0.1, 0.15) is 26.7 Å². The van der Waals surface area contributed by atoms with Gasteiger partial charge in [-0.2, -0.15) is 0 Å². The lowest BCUT2D eigenvalue weighted by Crippen LogP contribution is -2.50. The van der Waals surface area contributed by atoms with Gasteiger partial charge in [-0.05, 0) is 20.3 Å². The van der Waals surface area contributed by atoms with E-state index in [1.54, 1.807) is 6.29 Å². The molecule has 3 amide bonds. The number of rotatable bonds is 8. The number of nitrogens with one attached hydrogen (secondary N) is 2. The van der Waals surface area contributed by atoms with E-state index in [0.29, 0.717) is 0 Å². The fourth-order valence-electron chi connectivity index (χ4n) is 1.21. The Balaban J connectivity index is 4.29. The van der Waals surface area contributed by atoms with Gasteiger partial charge in [0.15, 0.2) is 0 Å². The average Bonchev–Trinajstić information content (AvgIpc) is 2.33. The van der Waals surface area contributed by atoms with Crippen molar-refractivity contribution in [1.29, 1.82) is 0 Å². The normalized spacial score (nSPS) is 14.9. The molecule has 107 valence electrons. The third kappa shape index (κ3) is 7.14. The lowest BCUT2D eigenvalue weighted by atomic mass is 10.1. The summed E-state index contributed by atoms with van der Waals surface area (Å²) >= 11 is 0. The highest BCUT2D eigenvalue weighted by Gasteiger charge is 2.21. The molecule has 0 bridgehead atoms. The molecule has 6 N–H and O–H groups in total. The van der Waals surface area contributed by atoms with Crippen molar-refractivity contribution in [2.24, 2.45) is 11.5 Å². The highest BCUT2D eigenvalue weighted by atomic mass is 16.2. The molecule has 8 heteroatoms. The molecule has 19 heavy (non-hydrogen) atoms. The first-order valence-electron chi connectivity index (χ1n) is 5.80. The molecular weight excluding hydrogens is 252 g/mol. The van der Waals surface area contributed by atoms with Crippen molar-refractivity contribution in [2.45, 2.75) is 44.8 Å². The Kier molecular flexibility index (Phi) is 7.35. The number of primary amides is 1. The summed E-state index contributed by atoms with van der Waals surface area (Å²) in [4.78, 5) is 44.1. The second kappa shape index (κ2) is 8.20. The number of carbonyl (C=O) groups is 3. The predicted octanol–water partition coefficient (Wildman–Crippen LogP) is -2.30. The molecule has 3 atom stereocenters. The van der Waals surface area contributed by atoms with Gasteiger partial charge in [0.05, 0.1) is 12.1 Å². The molecule has 0 aliphatic heterocycles. The summed E-state index contributed by atoms with van der Waals surface area (Å²) in [5.74, 6) is -1.72. The van der Waals surface area contributed by atoms with Crippen LogP contribution >= 0.6 is 0 Å². The van der Waals surface area contributed by atoms with Gasteiger partial charge in [-0.15, -0.1) is 0 Å². The molecule has 0 spiro atoms. The van der Waals surface area contributed by atoms with Gasteiger partial charge < -0.3 is 22.1 Å². The number of hydrogen-bond donors (Lipinski definition) is 4. The first kappa shape index (κ1) is 17.0. The maximum absolute atomic E-state index is 11.4. The lowest BCUT2D eigenvalue weighted by Gasteiger charge is -2.16. The molecule has 0 aromatic rings. The summed E-state index contributed by atoms with van der Waals surface area (Å²) < 4.78 is 0. The van der Waals surface area contributed by atoms with Gasteiger partial charge >= 0.3 is 0 Å². The minimum atomic E-state index is -0.972. The zero-order valence-corrected chi connectivity index (χ0v) is 10.9. The van der Waals surface area contributed by atoms with Crippen molar-refractivity contribution >= 4 is 24.0 Å². The summed E-state index contributed by atoms with van der Waals surface area (Å²) in [6.07, 6.45) is 1.57. The molecule has 0 heterocycles. The van der Waals surface area contributed by atoms with Crippen molar-refractivity contribution in [1.82, 2.24) is 10.6 Å². The molecule has 0 fully saturated rings. The summed E-state index contributed by atoms with van der Waals surface area (Å²) in [6.45, 7) is 2.93. The smallest absolute Gasteiger partial charge is 0.240 e. The summed E-state index contributed by atoms with van der Waals surface area (Å²) in [5.41, 5.74) is 10.4. The van der Waals surface area contributed by atoms with Crippen molar-refractivity contribution in [2.75, 3.05) is 0 Å². The van der Waals surface area contributed by atoms with Crippen molar-refractivity contribution in [3.05, 3.63) is 0 Å². The van der Waals surface area contributed by atoms with Crippen LogP contribution in [0.5, 0.6) is 0 Å². The highest BCUT2D eigenvalue weighted by molar-refractivity contribution is 5.89. The molecule has 0 unspecified atom stereocenters.